The van der Waals surface area contributed by atoms with Crippen LogP contribution in [0.2, 0.25) is 5.02 Å². The van der Waals surface area contributed by atoms with Gasteiger partial charge in [-0.05, 0) is 29.6 Å². The van der Waals surface area contributed by atoms with Gasteiger partial charge in [0.05, 0.1) is 22.2 Å². The molecule has 0 N–H and O–H groups in total. The molecular formula is C14H8ClN3O2S. The maximum Gasteiger partial charge on any atom is 0.258 e. The van der Waals surface area contributed by atoms with E-state index < -0.39 is 0 Å². The highest BCUT2D eigenvalue weighted by Gasteiger charge is 2.10. The van der Waals surface area contributed by atoms with Crippen LogP contribution in [-0.4, -0.2) is 10.1 Å². The van der Waals surface area contributed by atoms with Crippen LogP contribution in [0.4, 0.5) is 0 Å². The summed E-state index contributed by atoms with van der Waals surface area (Å²) in [5.41, 5.74) is 1.36. The van der Waals surface area contributed by atoms with E-state index in [9.17, 15) is 0 Å². The quantitative estimate of drug-likeness (QED) is 0.729. The fourth-order valence-electron chi connectivity index (χ4n) is 1.65. The van der Waals surface area contributed by atoms with Gasteiger partial charge in [-0.1, -0.05) is 16.8 Å². The molecule has 1 aromatic carbocycles. The summed E-state index contributed by atoms with van der Waals surface area (Å²) in [6, 6.07) is 8.73. The topological polar surface area (TPSA) is 71.9 Å². The Morgan fingerprint density at radius 1 is 1.38 bits per heavy atom. The van der Waals surface area contributed by atoms with Crippen molar-refractivity contribution in [3.8, 4) is 23.3 Å². The third-order valence-corrected chi connectivity index (χ3v) is 3.63. The van der Waals surface area contributed by atoms with Gasteiger partial charge in [-0.25, -0.2) is 0 Å². The molecule has 5 nitrogen and oxygen atoms in total. The van der Waals surface area contributed by atoms with E-state index in [4.69, 9.17) is 26.1 Å². The highest BCUT2D eigenvalue weighted by Crippen LogP contribution is 2.26. The predicted octanol–water partition coefficient (Wildman–Crippen LogP) is 3.90. The molecule has 2 heterocycles. The minimum atomic E-state index is 0.138. The van der Waals surface area contributed by atoms with Gasteiger partial charge in [0.15, 0.2) is 6.61 Å². The van der Waals surface area contributed by atoms with Crippen molar-refractivity contribution in [2.45, 2.75) is 6.61 Å². The second kappa shape index (κ2) is 5.95. The largest absolute Gasteiger partial charge is 0.484 e. The number of benzene rings is 1. The molecule has 0 bridgehead atoms. The second-order valence-corrected chi connectivity index (χ2v) is 5.26. The molecule has 0 aliphatic carbocycles. The van der Waals surface area contributed by atoms with Gasteiger partial charge in [0.1, 0.15) is 5.75 Å². The number of nitriles is 1. The lowest BCUT2D eigenvalue weighted by Gasteiger charge is -2.05. The highest BCUT2D eigenvalue weighted by molar-refractivity contribution is 7.08. The van der Waals surface area contributed by atoms with Gasteiger partial charge in [-0.2, -0.15) is 21.6 Å². The predicted molar refractivity (Wildman–Crippen MR) is 78.1 cm³/mol. The lowest BCUT2D eigenvalue weighted by molar-refractivity contribution is 0.287. The SMILES string of the molecule is N#Cc1ccc(OCc2noc(-c3ccsc3)n2)c(Cl)c1. The number of hydrogen-bond donors (Lipinski definition) is 0. The molecule has 7 heteroatoms. The van der Waals surface area contributed by atoms with E-state index in [1.54, 1.807) is 29.5 Å². The first-order chi connectivity index (χ1) is 10.3. The Balaban J connectivity index is 1.70. The summed E-state index contributed by atoms with van der Waals surface area (Å²) in [4.78, 5) is 4.24. The molecule has 0 saturated carbocycles. The summed E-state index contributed by atoms with van der Waals surface area (Å²) < 4.78 is 10.7. The highest BCUT2D eigenvalue weighted by atomic mass is 35.5. The van der Waals surface area contributed by atoms with Gasteiger partial charge >= 0.3 is 0 Å². The van der Waals surface area contributed by atoms with Crippen LogP contribution in [0.3, 0.4) is 0 Å². The minimum Gasteiger partial charge on any atom is -0.484 e. The number of aromatic nitrogens is 2. The summed E-state index contributed by atoms with van der Waals surface area (Å²) in [5.74, 6) is 1.36. The smallest absolute Gasteiger partial charge is 0.258 e. The Morgan fingerprint density at radius 3 is 3.00 bits per heavy atom. The van der Waals surface area contributed by atoms with E-state index in [0.717, 1.165) is 5.56 Å². The zero-order chi connectivity index (χ0) is 14.7. The Bertz CT molecular complexity index is 793. The van der Waals surface area contributed by atoms with E-state index in [0.29, 0.717) is 28.1 Å². The molecule has 0 saturated heterocycles. The number of ether oxygens (including phenoxy) is 1. The van der Waals surface area contributed by atoms with Crippen molar-refractivity contribution in [2.24, 2.45) is 0 Å². The van der Waals surface area contributed by atoms with E-state index in [2.05, 4.69) is 10.1 Å². The molecule has 21 heavy (non-hydrogen) atoms. The van der Waals surface area contributed by atoms with Crippen molar-refractivity contribution >= 4 is 22.9 Å². The molecule has 104 valence electrons. The van der Waals surface area contributed by atoms with Gasteiger partial charge in [0.25, 0.3) is 5.89 Å². The molecule has 0 atom stereocenters. The summed E-state index contributed by atoms with van der Waals surface area (Å²) in [7, 11) is 0. The lowest BCUT2D eigenvalue weighted by Crippen LogP contribution is -1.98. The average Bonchev–Trinajstić information content (AvgIpc) is 3.16. The number of thiophene rings is 1. The fraction of sp³-hybridized carbons (Fsp3) is 0.0714. The summed E-state index contributed by atoms with van der Waals surface area (Å²) in [5, 5.41) is 16.9. The normalized spacial score (nSPS) is 10.3. The number of nitrogens with zero attached hydrogens (tertiary/aromatic N) is 3. The molecule has 0 fully saturated rings. The zero-order valence-corrected chi connectivity index (χ0v) is 12.2. The maximum atomic E-state index is 8.77. The molecule has 0 unspecified atom stereocenters. The van der Waals surface area contributed by atoms with Crippen LogP contribution in [0.5, 0.6) is 5.75 Å². The summed E-state index contributed by atoms with van der Waals surface area (Å²) in [6.07, 6.45) is 0. The molecule has 0 aliphatic rings. The number of hydrogen-bond acceptors (Lipinski definition) is 6. The molecule has 3 aromatic rings. The van der Waals surface area contributed by atoms with E-state index >= 15 is 0 Å². The van der Waals surface area contributed by atoms with Crippen molar-refractivity contribution in [2.75, 3.05) is 0 Å². The first kappa shape index (κ1) is 13.6. The molecule has 2 aromatic heterocycles. The molecule has 3 rings (SSSR count). The number of rotatable bonds is 4. The van der Waals surface area contributed by atoms with E-state index in [1.165, 1.54) is 0 Å². The Kier molecular flexibility index (Phi) is 3.86. The lowest BCUT2D eigenvalue weighted by atomic mass is 10.2. The molecule has 0 amide bonds. The fourth-order valence-corrected chi connectivity index (χ4v) is 2.51. The van der Waals surface area contributed by atoms with Crippen molar-refractivity contribution in [3.63, 3.8) is 0 Å². The monoisotopic (exact) mass is 317 g/mol. The zero-order valence-electron chi connectivity index (χ0n) is 10.6. The van der Waals surface area contributed by atoms with Crippen molar-refractivity contribution in [1.82, 2.24) is 10.1 Å². The molecule has 0 aliphatic heterocycles. The summed E-state index contributed by atoms with van der Waals surface area (Å²) >= 11 is 7.58. The van der Waals surface area contributed by atoms with Gasteiger partial charge in [-0.3, -0.25) is 0 Å². The molecule has 0 spiro atoms. The van der Waals surface area contributed by atoms with Crippen molar-refractivity contribution < 1.29 is 9.26 Å². The minimum absolute atomic E-state index is 0.138. The van der Waals surface area contributed by atoms with Crippen LogP contribution in [0, 0.1) is 11.3 Å². The maximum absolute atomic E-state index is 8.77. The van der Waals surface area contributed by atoms with Gasteiger partial charge in [0.2, 0.25) is 5.82 Å². The Hall–Kier alpha value is -2.36. The van der Waals surface area contributed by atoms with Gasteiger partial charge in [0, 0.05) is 5.38 Å². The van der Waals surface area contributed by atoms with Crippen molar-refractivity contribution in [3.05, 3.63) is 51.4 Å². The van der Waals surface area contributed by atoms with Crippen LogP contribution in [0.15, 0.2) is 39.5 Å². The third-order valence-electron chi connectivity index (χ3n) is 2.65. The van der Waals surface area contributed by atoms with E-state index in [1.807, 2.05) is 22.9 Å². The summed E-state index contributed by atoms with van der Waals surface area (Å²) in [6.45, 7) is 0.138. The standard InChI is InChI=1S/C14H8ClN3O2S/c15-11-5-9(6-16)1-2-12(11)19-7-13-17-14(20-18-13)10-3-4-21-8-10/h1-5,8H,7H2. The van der Waals surface area contributed by atoms with E-state index in [-0.39, 0.29) is 6.61 Å². The van der Waals surface area contributed by atoms with Gasteiger partial charge < -0.3 is 9.26 Å². The van der Waals surface area contributed by atoms with Crippen LogP contribution < -0.4 is 4.74 Å². The van der Waals surface area contributed by atoms with Crippen LogP contribution >= 0.6 is 22.9 Å². The molecular weight excluding hydrogens is 310 g/mol. The Labute approximate surface area is 129 Å². The van der Waals surface area contributed by atoms with Crippen molar-refractivity contribution in [1.29, 1.82) is 5.26 Å². The van der Waals surface area contributed by atoms with Gasteiger partial charge in [-0.15, -0.1) is 0 Å². The molecule has 0 radical (unpaired) electrons. The van der Waals surface area contributed by atoms with Crippen LogP contribution in [-0.2, 0) is 6.61 Å². The first-order valence-corrected chi connectivity index (χ1v) is 7.26. The third kappa shape index (κ3) is 3.05. The first-order valence-electron chi connectivity index (χ1n) is 5.94. The second-order valence-electron chi connectivity index (χ2n) is 4.07. The van der Waals surface area contributed by atoms with Crippen LogP contribution in [0.1, 0.15) is 11.4 Å². The Morgan fingerprint density at radius 2 is 2.29 bits per heavy atom. The average molecular weight is 318 g/mol. The number of halogens is 1. The van der Waals surface area contributed by atoms with Crippen LogP contribution in [0.25, 0.3) is 11.5 Å².